The minimum absolute atomic E-state index is 0.105. The maximum Gasteiger partial charge on any atom is 0.226 e. The number of aromatic nitrogens is 1. The van der Waals surface area contributed by atoms with Crippen molar-refractivity contribution in [1.82, 2.24) is 4.98 Å². The zero-order valence-corrected chi connectivity index (χ0v) is 14.3. The maximum atomic E-state index is 13.3. The van der Waals surface area contributed by atoms with Gasteiger partial charge in [0.05, 0.1) is 18.1 Å². The van der Waals surface area contributed by atoms with Crippen molar-refractivity contribution in [2.24, 2.45) is 0 Å². The zero-order chi connectivity index (χ0) is 16.7. The summed E-state index contributed by atoms with van der Waals surface area (Å²) in [6.07, 6.45) is 0.281. The Morgan fingerprint density at radius 1 is 1.38 bits per heavy atom. The normalized spacial score (nSPS) is 20.7. The van der Waals surface area contributed by atoms with Crippen molar-refractivity contribution in [3.63, 3.8) is 0 Å². The molecule has 1 saturated heterocycles. The van der Waals surface area contributed by atoms with Crippen molar-refractivity contribution < 1.29 is 13.9 Å². The van der Waals surface area contributed by atoms with Crippen LogP contribution in [0.4, 0.5) is 15.3 Å². The van der Waals surface area contributed by atoms with Gasteiger partial charge in [-0.15, -0.1) is 0 Å². The molecule has 1 aromatic carbocycles. The van der Waals surface area contributed by atoms with Gasteiger partial charge in [0.2, 0.25) is 5.91 Å². The molecule has 1 fully saturated rings. The van der Waals surface area contributed by atoms with Crippen LogP contribution in [-0.4, -0.2) is 37.2 Å². The summed E-state index contributed by atoms with van der Waals surface area (Å²) in [5.41, 5.74) is 0.756. The summed E-state index contributed by atoms with van der Waals surface area (Å²) in [4.78, 5) is 19.8. The molecule has 2 aromatic rings. The number of nitrogens with one attached hydrogen (secondary N) is 1. The molecule has 0 radical (unpaired) electrons. The van der Waals surface area contributed by atoms with E-state index in [0.717, 1.165) is 28.7 Å². The van der Waals surface area contributed by atoms with Crippen molar-refractivity contribution in [3.8, 4) is 0 Å². The lowest BCUT2D eigenvalue weighted by Gasteiger charge is -2.26. The van der Waals surface area contributed by atoms with Crippen LogP contribution in [0.3, 0.4) is 0 Å². The van der Waals surface area contributed by atoms with Crippen LogP contribution in [0.5, 0.6) is 0 Å². The van der Waals surface area contributed by atoms with Gasteiger partial charge in [-0.1, -0.05) is 29.0 Å². The van der Waals surface area contributed by atoms with Crippen molar-refractivity contribution in [2.45, 2.75) is 12.3 Å². The minimum atomic E-state index is -0.387. The lowest BCUT2D eigenvalue weighted by Crippen LogP contribution is -2.36. The fraction of sp³-hybridized carbons (Fsp3) is 0.375. The van der Waals surface area contributed by atoms with E-state index in [-0.39, 0.29) is 24.1 Å². The van der Waals surface area contributed by atoms with Crippen LogP contribution in [-0.2, 0) is 9.53 Å². The monoisotopic (exact) mass is 367 g/mol. The summed E-state index contributed by atoms with van der Waals surface area (Å²) in [5, 5.41) is 4.04. The quantitative estimate of drug-likeness (QED) is 0.885. The van der Waals surface area contributed by atoms with E-state index in [1.54, 1.807) is 17.4 Å². The molecule has 2 aliphatic heterocycles. The Labute approximate surface area is 147 Å². The molecule has 126 valence electrons. The first kappa shape index (κ1) is 15.8. The number of hydrogen-bond donors (Lipinski definition) is 1. The number of nitrogens with zero attached hydrogens (tertiary/aromatic N) is 2. The maximum absolute atomic E-state index is 13.3. The van der Waals surface area contributed by atoms with Crippen LogP contribution in [0.15, 0.2) is 18.2 Å². The number of carbonyl (C=O) groups excluding carboxylic acids is 1. The Kier molecular flexibility index (Phi) is 4.15. The Morgan fingerprint density at radius 3 is 2.92 bits per heavy atom. The van der Waals surface area contributed by atoms with Crippen LogP contribution in [0, 0.1) is 5.82 Å². The van der Waals surface area contributed by atoms with Crippen LogP contribution < -0.4 is 10.2 Å². The standard InChI is InChI=1S/C16H15ClFN3O2S/c17-12-7-9(18)1-2-10(12)11-8-13(22)19-15-14(11)24-16(20-15)21-3-5-23-6-4-21/h1-2,7,11H,3-6,8H2,(H,19,22)/t11-/m1/s1. The molecule has 0 unspecified atom stereocenters. The molecule has 1 amide bonds. The van der Waals surface area contributed by atoms with Gasteiger partial charge < -0.3 is 15.0 Å². The summed E-state index contributed by atoms with van der Waals surface area (Å²) in [6, 6.07) is 4.31. The van der Waals surface area contributed by atoms with Crippen molar-refractivity contribution in [3.05, 3.63) is 39.5 Å². The van der Waals surface area contributed by atoms with Crippen LogP contribution in [0.2, 0.25) is 5.02 Å². The first-order chi connectivity index (χ1) is 11.6. The molecule has 24 heavy (non-hydrogen) atoms. The van der Waals surface area contributed by atoms with Gasteiger partial charge in [0.15, 0.2) is 5.13 Å². The summed E-state index contributed by atoms with van der Waals surface area (Å²) in [7, 11) is 0. The number of halogens is 2. The first-order valence-corrected chi connectivity index (χ1v) is 8.89. The molecule has 0 saturated carbocycles. The number of thiazole rings is 1. The van der Waals surface area contributed by atoms with E-state index in [0.29, 0.717) is 24.1 Å². The number of morpholine rings is 1. The Hall–Kier alpha value is -1.70. The number of hydrogen-bond acceptors (Lipinski definition) is 5. The lowest BCUT2D eigenvalue weighted by molar-refractivity contribution is -0.116. The zero-order valence-electron chi connectivity index (χ0n) is 12.7. The third kappa shape index (κ3) is 2.87. The second-order valence-electron chi connectivity index (χ2n) is 5.78. The number of fused-ring (bicyclic) bond motifs is 1. The van der Waals surface area contributed by atoms with Crippen molar-refractivity contribution >= 4 is 39.8 Å². The molecule has 3 heterocycles. The predicted octanol–water partition coefficient (Wildman–Crippen LogP) is 3.25. The number of benzene rings is 1. The molecule has 1 atom stereocenters. The molecule has 2 aliphatic rings. The summed E-state index contributed by atoms with van der Waals surface area (Å²) in [5.74, 6) is -0.105. The third-order valence-electron chi connectivity index (χ3n) is 4.23. The van der Waals surface area contributed by atoms with Gasteiger partial charge in [0.1, 0.15) is 11.6 Å². The smallest absolute Gasteiger partial charge is 0.226 e. The highest BCUT2D eigenvalue weighted by Crippen LogP contribution is 2.45. The second kappa shape index (κ2) is 6.31. The van der Waals surface area contributed by atoms with Gasteiger partial charge in [-0.25, -0.2) is 9.37 Å². The molecule has 8 heteroatoms. The SMILES string of the molecule is O=C1C[C@H](c2ccc(F)cc2Cl)c2sc(N3CCOCC3)nc2N1. The minimum Gasteiger partial charge on any atom is -0.378 e. The fourth-order valence-electron chi connectivity index (χ4n) is 3.03. The molecule has 1 aromatic heterocycles. The summed E-state index contributed by atoms with van der Waals surface area (Å²) in [6.45, 7) is 2.90. The van der Waals surface area contributed by atoms with Gasteiger partial charge in [0, 0.05) is 30.5 Å². The lowest BCUT2D eigenvalue weighted by atomic mass is 9.91. The summed E-state index contributed by atoms with van der Waals surface area (Å²) >= 11 is 7.77. The Bertz CT molecular complexity index is 792. The van der Waals surface area contributed by atoms with E-state index in [4.69, 9.17) is 16.3 Å². The first-order valence-electron chi connectivity index (χ1n) is 7.70. The van der Waals surface area contributed by atoms with E-state index in [9.17, 15) is 9.18 Å². The van der Waals surface area contributed by atoms with E-state index >= 15 is 0 Å². The molecular formula is C16H15ClFN3O2S. The number of ether oxygens (including phenoxy) is 1. The molecule has 0 aliphatic carbocycles. The molecule has 4 rings (SSSR count). The van der Waals surface area contributed by atoms with E-state index in [1.807, 2.05) is 0 Å². The molecule has 0 spiro atoms. The van der Waals surface area contributed by atoms with Crippen LogP contribution >= 0.6 is 22.9 Å². The third-order valence-corrected chi connectivity index (χ3v) is 5.78. The highest BCUT2D eigenvalue weighted by atomic mass is 35.5. The van der Waals surface area contributed by atoms with Gasteiger partial charge in [-0.3, -0.25) is 4.79 Å². The topological polar surface area (TPSA) is 54.5 Å². The van der Waals surface area contributed by atoms with Gasteiger partial charge in [0.25, 0.3) is 0 Å². The number of carbonyl (C=O) groups is 1. The van der Waals surface area contributed by atoms with Gasteiger partial charge in [-0.2, -0.15) is 0 Å². The average Bonchev–Trinajstić information content (AvgIpc) is 2.99. The van der Waals surface area contributed by atoms with Crippen LogP contribution in [0.1, 0.15) is 22.8 Å². The van der Waals surface area contributed by atoms with Crippen LogP contribution in [0.25, 0.3) is 0 Å². The number of amides is 1. The molecule has 1 N–H and O–H groups in total. The number of rotatable bonds is 2. The van der Waals surface area contributed by atoms with E-state index in [1.165, 1.54) is 12.1 Å². The molecule has 0 bridgehead atoms. The van der Waals surface area contributed by atoms with E-state index < -0.39 is 0 Å². The predicted molar refractivity (Wildman–Crippen MR) is 91.6 cm³/mol. The van der Waals surface area contributed by atoms with E-state index in [2.05, 4.69) is 15.2 Å². The van der Waals surface area contributed by atoms with Gasteiger partial charge >= 0.3 is 0 Å². The van der Waals surface area contributed by atoms with Crippen molar-refractivity contribution in [1.29, 1.82) is 0 Å². The highest BCUT2D eigenvalue weighted by Gasteiger charge is 2.32. The summed E-state index contributed by atoms with van der Waals surface area (Å²) < 4.78 is 18.7. The largest absolute Gasteiger partial charge is 0.378 e. The van der Waals surface area contributed by atoms with Gasteiger partial charge in [-0.05, 0) is 17.7 Å². The Morgan fingerprint density at radius 2 is 2.17 bits per heavy atom. The number of anilines is 2. The second-order valence-corrected chi connectivity index (χ2v) is 7.20. The fourth-order valence-corrected chi connectivity index (χ4v) is 4.52. The highest BCUT2D eigenvalue weighted by molar-refractivity contribution is 7.16. The van der Waals surface area contributed by atoms with Crippen molar-refractivity contribution in [2.75, 3.05) is 36.5 Å². The average molecular weight is 368 g/mol. The molecular weight excluding hydrogens is 353 g/mol. The molecule has 5 nitrogen and oxygen atoms in total. The Balaban J connectivity index is 1.73.